The third-order valence-corrected chi connectivity index (χ3v) is 3.37. The molecule has 0 aliphatic heterocycles. The number of anilines is 1. The van der Waals surface area contributed by atoms with Crippen LogP contribution in [0.1, 0.15) is 17.7 Å². The van der Waals surface area contributed by atoms with Gasteiger partial charge in [-0.2, -0.15) is 0 Å². The number of aromatic nitrogens is 1. The summed E-state index contributed by atoms with van der Waals surface area (Å²) in [5.74, 6) is -0.373. The third-order valence-electron chi connectivity index (χ3n) is 3.07. The molecule has 3 rings (SSSR count). The summed E-state index contributed by atoms with van der Waals surface area (Å²) < 4.78 is 13.2. The normalized spacial score (nSPS) is 14.4. The molecule has 2 nitrogen and oxygen atoms in total. The van der Waals surface area contributed by atoms with E-state index < -0.39 is 0 Å². The number of nitrogen functional groups attached to an aromatic ring is 1. The first-order chi connectivity index (χ1) is 7.66. The zero-order valence-electron chi connectivity index (χ0n) is 8.56. The zero-order valence-corrected chi connectivity index (χ0v) is 9.31. The predicted octanol–water partition coefficient (Wildman–Crippen LogP) is 3.10. The van der Waals surface area contributed by atoms with E-state index in [9.17, 15) is 4.39 Å². The first-order valence-corrected chi connectivity index (χ1v) is 5.60. The van der Waals surface area contributed by atoms with Gasteiger partial charge in [0.25, 0.3) is 0 Å². The van der Waals surface area contributed by atoms with E-state index in [-0.39, 0.29) is 5.82 Å². The largest absolute Gasteiger partial charge is 0.398 e. The second kappa shape index (κ2) is 3.32. The Morgan fingerprint density at radius 1 is 1.31 bits per heavy atom. The lowest BCUT2D eigenvalue weighted by atomic mass is 10.1. The van der Waals surface area contributed by atoms with Crippen molar-refractivity contribution in [2.75, 3.05) is 5.73 Å². The second-order valence-corrected chi connectivity index (χ2v) is 4.49. The maximum Gasteiger partial charge on any atom is 0.126 e. The zero-order chi connectivity index (χ0) is 11.3. The van der Waals surface area contributed by atoms with E-state index in [4.69, 9.17) is 17.3 Å². The van der Waals surface area contributed by atoms with E-state index in [1.54, 1.807) is 0 Å². The number of halogens is 2. The molecule has 0 saturated carbocycles. The number of nitrogens with two attached hydrogens (primary N) is 1. The van der Waals surface area contributed by atoms with E-state index >= 15 is 0 Å². The fraction of sp³-hybridized carbons (Fsp3) is 0.250. The molecule has 0 spiro atoms. The van der Waals surface area contributed by atoms with E-state index in [2.05, 4.69) is 4.98 Å². The number of rotatable bonds is 0. The smallest absolute Gasteiger partial charge is 0.126 e. The van der Waals surface area contributed by atoms with Crippen molar-refractivity contribution < 1.29 is 4.39 Å². The number of nitrogens with zero attached hydrogens (tertiary/aromatic N) is 1. The highest BCUT2D eigenvalue weighted by atomic mass is 35.5. The molecule has 1 aromatic carbocycles. The molecule has 16 heavy (non-hydrogen) atoms. The molecule has 0 amide bonds. The highest BCUT2D eigenvalue weighted by Gasteiger charge is 2.19. The summed E-state index contributed by atoms with van der Waals surface area (Å²) in [7, 11) is 0. The van der Waals surface area contributed by atoms with Crippen LogP contribution in [0, 0.1) is 5.82 Å². The summed E-state index contributed by atoms with van der Waals surface area (Å²) in [4.78, 5) is 4.43. The van der Waals surface area contributed by atoms with E-state index in [1.165, 1.54) is 12.1 Å². The maximum absolute atomic E-state index is 13.2. The van der Waals surface area contributed by atoms with Crippen LogP contribution in [0.5, 0.6) is 0 Å². The van der Waals surface area contributed by atoms with Crippen molar-refractivity contribution in [2.24, 2.45) is 0 Å². The predicted molar refractivity (Wildman–Crippen MR) is 63.1 cm³/mol. The summed E-state index contributed by atoms with van der Waals surface area (Å²) in [6.07, 6.45) is 2.92. The van der Waals surface area contributed by atoms with Gasteiger partial charge in [0.05, 0.1) is 10.5 Å². The highest BCUT2D eigenvalue weighted by Crippen LogP contribution is 2.35. The van der Waals surface area contributed by atoms with Crippen molar-refractivity contribution in [3.63, 3.8) is 0 Å². The molecule has 1 heterocycles. The van der Waals surface area contributed by atoms with Crippen molar-refractivity contribution in [3.8, 4) is 0 Å². The third kappa shape index (κ3) is 1.28. The standard InChI is InChI=1S/C12H10ClFN2/c13-8-4-6(14)5-10-11(8)12(15)7-2-1-3-9(7)16-10/h4-5H,1-3H2,(H2,15,16). The van der Waals surface area contributed by atoms with Crippen LogP contribution in [0.3, 0.4) is 0 Å². The van der Waals surface area contributed by atoms with Crippen molar-refractivity contribution in [2.45, 2.75) is 19.3 Å². The molecule has 0 atom stereocenters. The Balaban J connectivity index is 2.46. The van der Waals surface area contributed by atoms with Gasteiger partial charge in [0, 0.05) is 22.8 Å². The molecule has 1 aliphatic carbocycles. The maximum atomic E-state index is 13.2. The molecular weight excluding hydrogens is 227 g/mol. The van der Waals surface area contributed by atoms with Crippen LogP contribution in [-0.2, 0) is 12.8 Å². The monoisotopic (exact) mass is 236 g/mol. The van der Waals surface area contributed by atoms with E-state index in [0.717, 1.165) is 30.5 Å². The molecule has 0 fully saturated rings. The lowest BCUT2D eigenvalue weighted by molar-refractivity contribution is 0.629. The lowest BCUT2D eigenvalue weighted by Gasteiger charge is -2.09. The second-order valence-electron chi connectivity index (χ2n) is 4.09. The van der Waals surface area contributed by atoms with Gasteiger partial charge in [-0.25, -0.2) is 4.39 Å². The Bertz CT molecular complexity index is 595. The number of fused-ring (bicyclic) bond motifs is 2. The Morgan fingerprint density at radius 2 is 2.12 bits per heavy atom. The quantitative estimate of drug-likeness (QED) is 0.763. The molecule has 0 unspecified atom stereocenters. The molecule has 82 valence electrons. The summed E-state index contributed by atoms with van der Waals surface area (Å²) in [5.41, 5.74) is 9.38. The van der Waals surface area contributed by atoms with Crippen LogP contribution in [0.15, 0.2) is 12.1 Å². The van der Waals surface area contributed by atoms with E-state index in [1.807, 2.05) is 0 Å². The van der Waals surface area contributed by atoms with Crippen LogP contribution < -0.4 is 5.73 Å². The summed E-state index contributed by atoms with van der Waals surface area (Å²) in [5, 5.41) is 1.03. The minimum absolute atomic E-state index is 0.342. The van der Waals surface area contributed by atoms with Crippen molar-refractivity contribution in [1.82, 2.24) is 4.98 Å². The van der Waals surface area contributed by atoms with Gasteiger partial charge in [-0.15, -0.1) is 0 Å². The topological polar surface area (TPSA) is 38.9 Å². The average Bonchev–Trinajstić information content (AvgIpc) is 2.64. The SMILES string of the molecule is Nc1c2c(nc3cc(F)cc(Cl)c13)CCC2. The first-order valence-electron chi connectivity index (χ1n) is 5.23. The number of benzene rings is 1. The van der Waals surface area contributed by atoms with Gasteiger partial charge in [-0.1, -0.05) is 11.6 Å². The van der Waals surface area contributed by atoms with Crippen molar-refractivity contribution >= 4 is 28.2 Å². The highest BCUT2D eigenvalue weighted by molar-refractivity contribution is 6.36. The Labute approximate surface area is 97.2 Å². The number of hydrogen-bond acceptors (Lipinski definition) is 2. The number of pyridine rings is 1. The minimum atomic E-state index is -0.373. The Morgan fingerprint density at radius 3 is 2.94 bits per heavy atom. The van der Waals surface area contributed by atoms with Crippen LogP contribution in [0.2, 0.25) is 5.02 Å². The molecular formula is C12H10ClFN2. The Kier molecular flexibility index (Phi) is 2.04. The molecule has 2 N–H and O–H groups in total. The van der Waals surface area contributed by atoms with Gasteiger partial charge in [0.2, 0.25) is 0 Å². The van der Waals surface area contributed by atoms with Crippen molar-refractivity contribution in [1.29, 1.82) is 0 Å². The molecule has 1 aromatic heterocycles. The van der Waals surface area contributed by atoms with Gasteiger partial charge in [-0.3, -0.25) is 4.98 Å². The van der Waals surface area contributed by atoms with Crippen molar-refractivity contribution in [3.05, 3.63) is 34.2 Å². The van der Waals surface area contributed by atoms with Crippen LogP contribution in [0.4, 0.5) is 10.1 Å². The number of hydrogen-bond donors (Lipinski definition) is 1. The number of aryl methyl sites for hydroxylation is 1. The summed E-state index contributed by atoms with van der Waals surface area (Å²) >= 11 is 6.01. The molecule has 4 heteroatoms. The van der Waals surface area contributed by atoms with Crippen LogP contribution >= 0.6 is 11.6 Å². The molecule has 1 aliphatic rings. The van der Waals surface area contributed by atoms with Gasteiger partial charge < -0.3 is 5.73 Å². The fourth-order valence-electron chi connectivity index (χ4n) is 2.35. The minimum Gasteiger partial charge on any atom is -0.398 e. The summed E-state index contributed by atoms with van der Waals surface area (Å²) in [6.45, 7) is 0. The van der Waals surface area contributed by atoms with Crippen LogP contribution in [0.25, 0.3) is 10.9 Å². The average molecular weight is 237 g/mol. The molecule has 0 bridgehead atoms. The molecule has 0 radical (unpaired) electrons. The summed E-state index contributed by atoms with van der Waals surface area (Å²) in [6, 6.07) is 2.67. The fourth-order valence-corrected chi connectivity index (χ4v) is 2.66. The lowest BCUT2D eigenvalue weighted by Crippen LogP contribution is -1.99. The first kappa shape index (κ1) is 9.85. The van der Waals surface area contributed by atoms with Crippen LogP contribution in [-0.4, -0.2) is 4.98 Å². The van der Waals surface area contributed by atoms with E-state index in [0.29, 0.717) is 21.6 Å². The van der Waals surface area contributed by atoms with Gasteiger partial charge in [0.1, 0.15) is 5.82 Å². The molecule has 2 aromatic rings. The van der Waals surface area contributed by atoms with Gasteiger partial charge >= 0.3 is 0 Å². The molecule has 0 saturated heterocycles. The van der Waals surface area contributed by atoms with Gasteiger partial charge in [-0.05, 0) is 30.9 Å². The Hall–Kier alpha value is -1.35. The van der Waals surface area contributed by atoms with Gasteiger partial charge in [0.15, 0.2) is 0 Å².